The van der Waals surface area contributed by atoms with E-state index >= 15 is 0 Å². The number of rotatable bonds is 8. The molecule has 0 aromatic heterocycles. The van der Waals surface area contributed by atoms with Gasteiger partial charge in [-0.05, 0) is 45.6 Å². The summed E-state index contributed by atoms with van der Waals surface area (Å²) in [4.78, 5) is 21.7. The Kier molecular flexibility index (Phi) is 8.03. The summed E-state index contributed by atoms with van der Waals surface area (Å²) < 4.78 is 4.93. The lowest BCUT2D eigenvalue weighted by atomic mass is 10.0. The van der Waals surface area contributed by atoms with Crippen LogP contribution in [0.25, 0.3) is 0 Å². The molecule has 0 fully saturated rings. The van der Waals surface area contributed by atoms with Crippen LogP contribution in [0.2, 0.25) is 0 Å². The molecule has 3 heteroatoms. The molecule has 0 N–H and O–H groups in total. The van der Waals surface area contributed by atoms with Crippen LogP contribution in [0.1, 0.15) is 46.5 Å². The molecule has 0 amide bonds. The SMILES string of the molecule is C=C(C)C(=CC)CCCCOC(=O)CC(C)=O. The highest BCUT2D eigenvalue weighted by Crippen LogP contribution is 2.14. The maximum Gasteiger partial charge on any atom is 0.313 e. The van der Waals surface area contributed by atoms with Gasteiger partial charge in [-0.1, -0.05) is 18.2 Å². The maximum atomic E-state index is 11.0. The fourth-order valence-corrected chi connectivity index (χ4v) is 1.46. The fourth-order valence-electron chi connectivity index (χ4n) is 1.46. The zero-order valence-electron chi connectivity index (χ0n) is 11.0. The van der Waals surface area contributed by atoms with Crippen LogP contribution in [0, 0.1) is 0 Å². The molecule has 0 aliphatic rings. The summed E-state index contributed by atoms with van der Waals surface area (Å²) >= 11 is 0. The first kappa shape index (κ1) is 15.6. The average molecular weight is 238 g/mol. The lowest BCUT2D eigenvalue weighted by molar-refractivity contribution is -0.145. The monoisotopic (exact) mass is 238 g/mol. The summed E-state index contributed by atoms with van der Waals surface area (Å²) in [7, 11) is 0. The van der Waals surface area contributed by atoms with Gasteiger partial charge in [0.15, 0.2) is 0 Å². The molecular formula is C14H22O3. The normalized spacial score (nSPS) is 11.1. The van der Waals surface area contributed by atoms with Crippen molar-refractivity contribution in [1.29, 1.82) is 0 Å². The summed E-state index contributed by atoms with van der Waals surface area (Å²) in [6.45, 7) is 9.65. The van der Waals surface area contributed by atoms with Gasteiger partial charge in [-0.2, -0.15) is 0 Å². The molecule has 0 aromatic carbocycles. The molecule has 0 saturated carbocycles. The standard InChI is InChI=1S/C14H22O3/c1-5-13(11(2)3)8-6-7-9-17-14(16)10-12(4)15/h5H,2,6-10H2,1,3-4H3. The lowest BCUT2D eigenvalue weighted by Gasteiger charge is -2.06. The molecule has 3 nitrogen and oxygen atoms in total. The first-order valence-electron chi connectivity index (χ1n) is 5.93. The van der Waals surface area contributed by atoms with Crippen LogP contribution in [0.3, 0.4) is 0 Å². The van der Waals surface area contributed by atoms with Crippen LogP contribution in [0.15, 0.2) is 23.8 Å². The minimum absolute atomic E-state index is 0.119. The minimum atomic E-state index is -0.427. The average Bonchev–Trinajstić information content (AvgIpc) is 2.21. The number of unbranched alkanes of at least 4 members (excludes halogenated alkanes) is 1. The number of ketones is 1. The van der Waals surface area contributed by atoms with Gasteiger partial charge in [0.1, 0.15) is 12.2 Å². The van der Waals surface area contributed by atoms with Gasteiger partial charge in [0.25, 0.3) is 0 Å². The molecule has 0 bridgehead atoms. The smallest absolute Gasteiger partial charge is 0.313 e. The van der Waals surface area contributed by atoms with Crippen molar-refractivity contribution in [1.82, 2.24) is 0 Å². The number of hydrogen-bond donors (Lipinski definition) is 0. The third kappa shape index (κ3) is 8.43. The first-order valence-corrected chi connectivity index (χ1v) is 5.93. The zero-order valence-corrected chi connectivity index (χ0v) is 11.0. The molecule has 0 unspecified atom stereocenters. The fraction of sp³-hybridized carbons (Fsp3) is 0.571. The Labute approximate surface area is 104 Å². The molecule has 0 heterocycles. The van der Waals surface area contributed by atoms with Crippen LogP contribution in [-0.2, 0) is 14.3 Å². The molecule has 0 radical (unpaired) electrons. The highest BCUT2D eigenvalue weighted by atomic mass is 16.5. The quantitative estimate of drug-likeness (QED) is 0.282. The van der Waals surface area contributed by atoms with E-state index in [2.05, 4.69) is 12.7 Å². The highest BCUT2D eigenvalue weighted by molar-refractivity contribution is 5.94. The Bertz CT molecular complexity index is 313. The van der Waals surface area contributed by atoms with Gasteiger partial charge in [0.05, 0.1) is 6.61 Å². The minimum Gasteiger partial charge on any atom is -0.465 e. The summed E-state index contributed by atoms with van der Waals surface area (Å²) in [5.41, 5.74) is 2.33. The van der Waals surface area contributed by atoms with Crippen molar-refractivity contribution in [3.05, 3.63) is 23.8 Å². The van der Waals surface area contributed by atoms with Gasteiger partial charge in [-0.25, -0.2) is 0 Å². The van der Waals surface area contributed by atoms with Gasteiger partial charge in [-0.15, -0.1) is 0 Å². The van der Waals surface area contributed by atoms with Gasteiger partial charge in [0, 0.05) is 0 Å². The van der Waals surface area contributed by atoms with Crippen molar-refractivity contribution < 1.29 is 14.3 Å². The Morgan fingerprint density at radius 1 is 1.24 bits per heavy atom. The Morgan fingerprint density at radius 3 is 2.35 bits per heavy atom. The summed E-state index contributed by atoms with van der Waals surface area (Å²) in [5.74, 6) is -0.586. The molecule has 0 aliphatic heterocycles. The van der Waals surface area contributed by atoms with Gasteiger partial charge >= 0.3 is 5.97 Å². The van der Waals surface area contributed by atoms with Crippen LogP contribution >= 0.6 is 0 Å². The van der Waals surface area contributed by atoms with E-state index in [9.17, 15) is 9.59 Å². The second kappa shape index (κ2) is 8.74. The highest BCUT2D eigenvalue weighted by Gasteiger charge is 2.05. The largest absolute Gasteiger partial charge is 0.465 e. The summed E-state index contributed by atoms with van der Waals surface area (Å²) in [6.07, 6.45) is 4.67. The lowest BCUT2D eigenvalue weighted by Crippen LogP contribution is -2.09. The summed E-state index contributed by atoms with van der Waals surface area (Å²) in [5, 5.41) is 0. The number of Topliss-reactive ketones (excluding diaryl/α,β-unsaturated/α-hetero) is 1. The van der Waals surface area contributed by atoms with Crippen LogP contribution in [-0.4, -0.2) is 18.4 Å². The Hall–Kier alpha value is -1.38. The summed E-state index contributed by atoms with van der Waals surface area (Å²) in [6, 6.07) is 0. The van der Waals surface area contributed by atoms with Crippen LogP contribution in [0.5, 0.6) is 0 Å². The van der Waals surface area contributed by atoms with E-state index in [1.807, 2.05) is 13.8 Å². The van der Waals surface area contributed by atoms with E-state index in [0.717, 1.165) is 24.8 Å². The number of ether oxygens (including phenoxy) is 1. The van der Waals surface area contributed by atoms with Crippen LogP contribution in [0.4, 0.5) is 0 Å². The van der Waals surface area contributed by atoms with E-state index in [1.54, 1.807) is 0 Å². The Morgan fingerprint density at radius 2 is 1.88 bits per heavy atom. The predicted molar refractivity (Wildman–Crippen MR) is 68.7 cm³/mol. The maximum absolute atomic E-state index is 11.0. The van der Waals surface area contributed by atoms with Crippen molar-refractivity contribution in [2.45, 2.75) is 46.5 Å². The van der Waals surface area contributed by atoms with Crippen LogP contribution < -0.4 is 0 Å². The van der Waals surface area contributed by atoms with Crippen molar-refractivity contribution in [3.8, 4) is 0 Å². The molecule has 0 rings (SSSR count). The van der Waals surface area contributed by atoms with E-state index in [0.29, 0.717) is 6.61 Å². The van der Waals surface area contributed by atoms with Crippen molar-refractivity contribution in [3.63, 3.8) is 0 Å². The number of esters is 1. The van der Waals surface area contributed by atoms with Crippen molar-refractivity contribution in [2.24, 2.45) is 0 Å². The van der Waals surface area contributed by atoms with Gasteiger partial charge in [0.2, 0.25) is 0 Å². The Balaban J connectivity index is 3.62. The molecule has 17 heavy (non-hydrogen) atoms. The van der Waals surface area contributed by atoms with Crippen molar-refractivity contribution in [2.75, 3.05) is 6.61 Å². The molecule has 0 aliphatic carbocycles. The molecule has 0 aromatic rings. The van der Waals surface area contributed by atoms with Gasteiger partial charge < -0.3 is 4.74 Å². The van der Waals surface area contributed by atoms with E-state index in [1.165, 1.54) is 12.5 Å². The first-order chi connectivity index (χ1) is 7.97. The van der Waals surface area contributed by atoms with Gasteiger partial charge in [-0.3, -0.25) is 9.59 Å². The van der Waals surface area contributed by atoms with Crippen molar-refractivity contribution >= 4 is 11.8 Å². The molecule has 96 valence electrons. The zero-order chi connectivity index (χ0) is 13.3. The number of carbonyl (C=O) groups is 2. The second-order valence-electron chi connectivity index (χ2n) is 4.15. The molecular weight excluding hydrogens is 216 g/mol. The van der Waals surface area contributed by atoms with E-state index in [4.69, 9.17) is 4.74 Å². The van der Waals surface area contributed by atoms with E-state index in [-0.39, 0.29) is 12.2 Å². The number of hydrogen-bond acceptors (Lipinski definition) is 3. The topological polar surface area (TPSA) is 43.4 Å². The number of carbonyl (C=O) groups excluding carboxylic acids is 2. The molecule has 0 saturated heterocycles. The third-order valence-electron chi connectivity index (χ3n) is 2.39. The second-order valence-corrected chi connectivity index (χ2v) is 4.15. The molecule has 0 spiro atoms. The third-order valence-corrected chi connectivity index (χ3v) is 2.39. The predicted octanol–water partition coefficient (Wildman–Crippen LogP) is 3.20. The van der Waals surface area contributed by atoms with E-state index < -0.39 is 5.97 Å². The molecule has 0 atom stereocenters. The number of allylic oxidation sites excluding steroid dienone is 3.